The fourth-order valence-corrected chi connectivity index (χ4v) is 5.12. The Labute approximate surface area is 280 Å². The van der Waals surface area contributed by atoms with Gasteiger partial charge < -0.3 is 21.1 Å². The van der Waals surface area contributed by atoms with E-state index >= 15 is 0 Å². The molecule has 0 aromatic rings. The highest BCUT2D eigenvalue weighted by atomic mass is 31.2. The molecular formula is C37H65N2O6P. The Morgan fingerprint density at radius 2 is 1.28 bits per heavy atom. The van der Waals surface area contributed by atoms with Crippen LogP contribution in [0.1, 0.15) is 123 Å². The van der Waals surface area contributed by atoms with Crippen LogP contribution in [0.15, 0.2) is 72.9 Å². The smallest absolute Gasteiger partial charge is 0.387 e. The van der Waals surface area contributed by atoms with Gasteiger partial charge in [-0.05, 0) is 64.2 Å². The van der Waals surface area contributed by atoms with E-state index < -0.39 is 20.0 Å². The first kappa shape index (κ1) is 43.9. The normalized spacial score (nSPS) is 15.3. The van der Waals surface area contributed by atoms with E-state index in [1.165, 1.54) is 19.3 Å². The largest absolute Gasteiger partial charge is 0.472 e. The predicted molar refractivity (Wildman–Crippen MR) is 193 cm³/mol. The molecule has 0 saturated heterocycles. The molecule has 1 amide bonds. The lowest BCUT2D eigenvalue weighted by molar-refractivity contribution is -0.123. The molecule has 0 fully saturated rings. The molecule has 0 aromatic heterocycles. The maximum absolute atomic E-state index is 12.6. The second-order valence-electron chi connectivity index (χ2n) is 11.3. The lowest BCUT2D eigenvalue weighted by Gasteiger charge is -2.23. The molecule has 3 unspecified atom stereocenters. The minimum atomic E-state index is -4.34. The molecule has 9 heteroatoms. The molecule has 0 rings (SSSR count). The van der Waals surface area contributed by atoms with Crippen molar-refractivity contribution in [3.8, 4) is 0 Å². The lowest BCUT2D eigenvalue weighted by Crippen LogP contribution is -2.45. The highest BCUT2D eigenvalue weighted by Crippen LogP contribution is 2.43. The standard InChI is InChI=1S/C37H65N2O6P/c1-3-5-7-9-11-13-14-15-16-17-18-19-20-21-22-23-25-27-29-31-37(41)39-35(34-45-46(42,43)44-33-32-38)36(40)30-28-26-24-12-10-8-6-4-2/h5,7,10-13,15-16,18-19,28,30,35-36,40H,3-4,6,8-9,14,17,20-27,29,31-34,38H2,1-2H3,(H,39,41)(H,42,43)/b7-5-,12-10+,13-11-,16-15-,19-18-,30-28+. The van der Waals surface area contributed by atoms with E-state index in [1.807, 2.05) is 6.08 Å². The van der Waals surface area contributed by atoms with Crippen molar-refractivity contribution in [2.24, 2.45) is 5.73 Å². The van der Waals surface area contributed by atoms with Crippen LogP contribution in [0.25, 0.3) is 0 Å². The molecule has 5 N–H and O–H groups in total. The van der Waals surface area contributed by atoms with Gasteiger partial charge in [0.15, 0.2) is 0 Å². The summed E-state index contributed by atoms with van der Waals surface area (Å²) in [5.74, 6) is -0.227. The Balaban J connectivity index is 4.30. The molecule has 0 spiro atoms. The minimum absolute atomic E-state index is 0.0671. The van der Waals surface area contributed by atoms with Crippen molar-refractivity contribution in [2.75, 3.05) is 19.8 Å². The zero-order valence-electron chi connectivity index (χ0n) is 28.8. The quantitative estimate of drug-likeness (QED) is 0.0331. The third-order valence-electron chi connectivity index (χ3n) is 7.02. The van der Waals surface area contributed by atoms with Crippen LogP contribution < -0.4 is 11.1 Å². The van der Waals surface area contributed by atoms with Gasteiger partial charge in [-0.15, -0.1) is 0 Å². The first-order chi connectivity index (χ1) is 22.4. The molecule has 0 radical (unpaired) electrons. The van der Waals surface area contributed by atoms with E-state index in [1.54, 1.807) is 6.08 Å². The van der Waals surface area contributed by atoms with Gasteiger partial charge in [0.05, 0.1) is 25.4 Å². The van der Waals surface area contributed by atoms with E-state index in [0.29, 0.717) is 6.42 Å². The van der Waals surface area contributed by atoms with Crippen molar-refractivity contribution in [2.45, 2.75) is 135 Å². The fraction of sp³-hybridized carbons (Fsp3) is 0.649. The average Bonchev–Trinajstić information content (AvgIpc) is 3.04. The van der Waals surface area contributed by atoms with Gasteiger partial charge in [-0.2, -0.15) is 0 Å². The highest BCUT2D eigenvalue weighted by molar-refractivity contribution is 7.47. The maximum atomic E-state index is 12.6. The zero-order chi connectivity index (χ0) is 34.0. The average molecular weight is 665 g/mol. The number of carbonyl (C=O) groups excluding carboxylic acids is 1. The number of rotatable bonds is 31. The summed E-state index contributed by atoms with van der Waals surface area (Å²) >= 11 is 0. The predicted octanol–water partition coefficient (Wildman–Crippen LogP) is 8.93. The second kappa shape index (κ2) is 32.9. The summed E-state index contributed by atoms with van der Waals surface area (Å²) in [7, 11) is -4.34. The molecule has 0 aliphatic carbocycles. The second-order valence-corrected chi connectivity index (χ2v) is 12.8. The summed E-state index contributed by atoms with van der Waals surface area (Å²) in [6.45, 7) is 3.87. The van der Waals surface area contributed by atoms with Gasteiger partial charge in [-0.25, -0.2) is 4.57 Å². The molecule has 46 heavy (non-hydrogen) atoms. The summed E-state index contributed by atoms with van der Waals surface area (Å²) in [6, 6.07) is -0.885. The molecule has 264 valence electrons. The Morgan fingerprint density at radius 3 is 1.93 bits per heavy atom. The lowest BCUT2D eigenvalue weighted by atomic mass is 10.1. The van der Waals surface area contributed by atoms with Gasteiger partial charge in [-0.1, -0.05) is 125 Å². The van der Waals surface area contributed by atoms with E-state index in [0.717, 1.165) is 83.5 Å². The molecule has 3 atom stereocenters. The fourth-order valence-electron chi connectivity index (χ4n) is 4.36. The van der Waals surface area contributed by atoms with Gasteiger partial charge in [-0.3, -0.25) is 13.8 Å². The van der Waals surface area contributed by atoms with Crippen LogP contribution in [-0.2, 0) is 18.4 Å². The van der Waals surface area contributed by atoms with Crippen LogP contribution in [0.4, 0.5) is 0 Å². The first-order valence-corrected chi connectivity index (χ1v) is 19.1. The number of hydrogen-bond acceptors (Lipinski definition) is 6. The van der Waals surface area contributed by atoms with E-state index in [2.05, 4.69) is 79.9 Å². The van der Waals surface area contributed by atoms with Gasteiger partial charge in [0, 0.05) is 13.0 Å². The van der Waals surface area contributed by atoms with Crippen molar-refractivity contribution in [1.82, 2.24) is 5.32 Å². The number of allylic oxidation sites excluding steroid dienone is 11. The summed E-state index contributed by atoms with van der Waals surface area (Å²) in [6.07, 6.45) is 41.1. The van der Waals surface area contributed by atoms with E-state index in [-0.39, 0.29) is 25.7 Å². The topological polar surface area (TPSA) is 131 Å². The van der Waals surface area contributed by atoms with Crippen molar-refractivity contribution >= 4 is 13.7 Å². The number of carbonyl (C=O) groups is 1. The minimum Gasteiger partial charge on any atom is -0.387 e. The SMILES string of the molecule is CC/C=C\C/C=C\C/C=C\C/C=C\CCCCCCCCC(=O)NC(COP(=O)(O)OCCN)C(O)/C=C/CC/C=C/CCCC. The number of aliphatic hydroxyl groups is 1. The summed E-state index contributed by atoms with van der Waals surface area (Å²) < 4.78 is 21.9. The number of phosphoric ester groups is 1. The zero-order valence-corrected chi connectivity index (χ0v) is 29.7. The van der Waals surface area contributed by atoms with Gasteiger partial charge in [0.2, 0.25) is 5.91 Å². The molecule has 8 nitrogen and oxygen atoms in total. The monoisotopic (exact) mass is 664 g/mol. The number of unbranched alkanes of at least 4 members (excludes halogenated alkanes) is 9. The number of phosphoric acid groups is 1. The highest BCUT2D eigenvalue weighted by Gasteiger charge is 2.26. The van der Waals surface area contributed by atoms with Crippen LogP contribution in [0, 0.1) is 0 Å². The molecular weight excluding hydrogens is 599 g/mol. The van der Waals surface area contributed by atoms with Crippen molar-refractivity contribution in [3.05, 3.63) is 72.9 Å². The Hall–Kier alpha value is -2.06. The summed E-state index contributed by atoms with van der Waals surface area (Å²) in [5.41, 5.74) is 5.33. The number of aliphatic hydroxyl groups excluding tert-OH is 1. The maximum Gasteiger partial charge on any atom is 0.472 e. The van der Waals surface area contributed by atoms with Crippen molar-refractivity contribution in [1.29, 1.82) is 0 Å². The first-order valence-electron chi connectivity index (χ1n) is 17.6. The number of nitrogens with two attached hydrogens (primary N) is 1. The van der Waals surface area contributed by atoms with Gasteiger partial charge in [0.1, 0.15) is 0 Å². The van der Waals surface area contributed by atoms with Crippen LogP contribution in [0.2, 0.25) is 0 Å². The molecule has 0 aliphatic heterocycles. The van der Waals surface area contributed by atoms with Crippen molar-refractivity contribution < 1.29 is 28.4 Å². The third kappa shape index (κ3) is 30.6. The Bertz CT molecular complexity index is 944. The molecule has 0 heterocycles. The van der Waals surface area contributed by atoms with Gasteiger partial charge >= 0.3 is 7.82 Å². The summed E-state index contributed by atoms with van der Waals surface area (Å²) in [4.78, 5) is 22.5. The Morgan fingerprint density at radius 1 is 0.739 bits per heavy atom. The number of hydrogen-bond donors (Lipinski definition) is 4. The van der Waals surface area contributed by atoms with Crippen LogP contribution in [0.5, 0.6) is 0 Å². The molecule has 0 aromatic carbocycles. The van der Waals surface area contributed by atoms with Crippen LogP contribution in [0.3, 0.4) is 0 Å². The Kier molecular flexibility index (Phi) is 31.4. The van der Waals surface area contributed by atoms with E-state index in [4.69, 9.17) is 14.8 Å². The summed E-state index contributed by atoms with van der Waals surface area (Å²) in [5, 5.41) is 13.5. The van der Waals surface area contributed by atoms with Gasteiger partial charge in [0.25, 0.3) is 0 Å². The number of amides is 1. The van der Waals surface area contributed by atoms with Crippen LogP contribution in [-0.4, -0.2) is 47.8 Å². The molecule has 0 bridgehead atoms. The molecule has 0 saturated carbocycles. The van der Waals surface area contributed by atoms with Crippen molar-refractivity contribution in [3.63, 3.8) is 0 Å². The van der Waals surface area contributed by atoms with Crippen LogP contribution >= 0.6 is 7.82 Å². The number of nitrogens with one attached hydrogen (secondary N) is 1. The van der Waals surface area contributed by atoms with E-state index in [9.17, 15) is 19.4 Å². The third-order valence-corrected chi connectivity index (χ3v) is 8.00. The molecule has 0 aliphatic rings.